The summed E-state index contributed by atoms with van der Waals surface area (Å²) >= 11 is 0. The van der Waals surface area contributed by atoms with Gasteiger partial charge in [0.25, 0.3) is 0 Å². The quantitative estimate of drug-likeness (QED) is 0.411. The van der Waals surface area contributed by atoms with Gasteiger partial charge in [-0.2, -0.15) is 0 Å². The smallest absolute Gasteiger partial charge is 0.314 e. The zero-order valence-corrected chi connectivity index (χ0v) is 21.9. The highest BCUT2D eigenvalue weighted by atomic mass is 28.5. The lowest BCUT2D eigenvalue weighted by Gasteiger charge is -2.39. The van der Waals surface area contributed by atoms with Crippen LogP contribution in [0, 0.1) is 5.92 Å². The standard InChI is InChI=1S/C19H36N2O5Si3/c1-15(14-29(8,25-27(2,3)4)26-28(5,6)7)13-24-17-11-9-16(10-12-17)21-19(23)18(20)22/h9-12,15H,13-14H2,1-8H3,(H2,20,22)(H,21,23). The van der Waals surface area contributed by atoms with Crippen LogP contribution < -0.4 is 15.8 Å². The van der Waals surface area contributed by atoms with Crippen LogP contribution in [0.15, 0.2) is 24.3 Å². The summed E-state index contributed by atoms with van der Waals surface area (Å²) in [5, 5.41) is 2.42. The molecule has 0 spiro atoms. The third-order valence-electron chi connectivity index (χ3n) is 3.63. The van der Waals surface area contributed by atoms with Crippen molar-refractivity contribution in [3.05, 3.63) is 24.3 Å². The number of carbonyl (C=O) groups is 2. The summed E-state index contributed by atoms with van der Waals surface area (Å²) in [6.45, 7) is 18.1. The maximum Gasteiger partial charge on any atom is 0.314 e. The van der Waals surface area contributed by atoms with Crippen molar-refractivity contribution in [2.24, 2.45) is 11.7 Å². The lowest BCUT2D eigenvalue weighted by Crippen LogP contribution is -2.53. The second-order valence-corrected chi connectivity index (χ2v) is 22.3. The van der Waals surface area contributed by atoms with Crippen molar-refractivity contribution in [3.63, 3.8) is 0 Å². The molecular formula is C19H36N2O5Si3. The first-order valence-electron chi connectivity index (χ1n) is 9.82. The summed E-state index contributed by atoms with van der Waals surface area (Å²) in [6, 6.07) is 7.70. The Hall–Kier alpha value is -1.47. The molecule has 0 aliphatic carbocycles. The number of carbonyl (C=O) groups excluding carboxylic acids is 2. The predicted octanol–water partition coefficient (Wildman–Crippen LogP) is 3.90. The van der Waals surface area contributed by atoms with E-state index in [1.807, 2.05) is 0 Å². The molecule has 1 unspecified atom stereocenters. The fourth-order valence-corrected chi connectivity index (χ4v) is 16.1. The van der Waals surface area contributed by atoms with E-state index in [0.29, 0.717) is 18.0 Å². The van der Waals surface area contributed by atoms with Crippen LogP contribution >= 0.6 is 0 Å². The molecule has 7 nitrogen and oxygen atoms in total. The first-order valence-corrected chi connectivity index (χ1v) is 19.2. The number of nitrogens with two attached hydrogens (primary N) is 1. The Labute approximate surface area is 177 Å². The summed E-state index contributed by atoms with van der Waals surface area (Å²) in [7, 11) is -5.75. The molecule has 2 amide bonds. The van der Waals surface area contributed by atoms with Gasteiger partial charge in [0.2, 0.25) is 0 Å². The van der Waals surface area contributed by atoms with Gasteiger partial charge in [-0.1, -0.05) is 6.92 Å². The molecule has 0 aliphatic rings. The number of benzene rings is 1. The Kier molecular flexibility index (Phi) is 8.84. The summed E-state index contributed by atoms with van der Waals surface area (Å²) < 4.78 is 19.0. The Balaban J connectivity index is 2.68. The Bertz CT molecular complexity index is 683. The van der Waals surface area contributed by atoms with Crippen LogP contribution in [0.2, 0.25) is 51.9 Å². The van der Waals surface area contributed by atoms with Gasteiger partial charge in [0.05, 0.1) is 6.61 Å². The number of anilines is 1. The summed E-state index contributed by atoms with van der Waals surface area (Å²) in [6.07, 6.45) is 0. The van der Waals surface area contributed by atoms with E-state index < -0.39 is 37.0 Å². The van der Waals surface area contributed by atoms with E-state index in [2.05, 4.69) is 58.1 Å². The minimum absolute atomic E-state index is 0.272. The molecule has 164 valence electrons. The number of amides is 2. The van der Waals surface area contributed by atoms with E-state index in [4.69, 9.17) is 18.7 Å². The molecule has 1 aromatic carbocycles. The van der Waals surface area contributed by atoms with Gasteiger partial charge in [0.15, 0.2) is 16.6 Å². The van der Waals surface area contributed by atoms with Gasteiger partial charge in [-0.3, -0.25) is 9.59 Å². The summed E-state index contributed by atoms with van der Waals surface area (Å²) in [4.78, 5) is 22.1. The number of ether oxygens (including phenoxy) is 1. The molecule has 0 saturated heterocycles. The third-order valence-corrected chi connectivity index (χ3v) is 13.4. The minimum Gasteiger partial charge on any atom is -0.493 e. The minimum atomic E-state index is -2.31. The van der Waals surface area contributed by atoms with Crippen LogP contribution in [0.3, 0.4) is 0 Å². The van der Waals surface area contributed by atoms with E-state index in [0.717, 1.165) is 6.04 Å². The Morgan fingerprint density at radius 2 is 1.45 bits per heavy atom. The van der Waals surface area contributed by atoms with Crippen molar-refractivity contribution in [1.29, 1.82) is 0 Å². The highest BCUT2D eigenvalue weighted by Crippen LogP contribution is 2.28. The zero-order chi connectivity index (χ0) is 22.5. The highest BCUT2D eigenvalue weighted by Gasteiger charge is 2.41. The summed E-state index contributed by atoms with van der Waals surface area (Å²) in [5.74, 6) is -0.906. The predicted molar refractivity (Wildman–Crippen MR) is 124 cm³/mol. The van der Waals surface area contributed by atoms with Gasteiger partial charge >= 0.3 is 20.4 Å². The van der Waals surface area contributed by atoms with Gasteiger partial charge in [-0.15, -0.1) is 0 Å². The molecule has 10 heteroatoms. The molecule has 0 heterocycles. The molecular weight excluding hydrogens is 420 g/mol. The number of primary amides is 1. The maximum absolute atomic E-state index is 11.3. The molecule has 1 rings (SSSR count). The third kappa shape index (κ3) is 10.8. The van der Waals surface area contributed by atoms with Crippen LogP contribution in [-0.4, -0.2) is 43.6 Å². The van der Waals surface area contributed by atoms with E-state index >= 15 is 0 Å². The molecule has 3 N–H and O–H groups in total. The van der Waals surface area contributed by atoms with Crippen molar-refractivity contribution in [3.8, 4) is 5.75 Å². The molecule has 0 radical (unpaired) electrons. The topological polar surface area (TPSA) is 99.9 Å². The normalized spacial score (nSPS) is 13.7. The lowest BCUT2D eigenvalue weighted by atomic mass is 10.2. The molecule has 0 saturated carbocycles. The fourth-order valence-electron chi connectivity index (χ4n) is 3.16. The van der Waals surface area contributed by atoms with Gasteiger partial charge in [0.1, 0.15) is 5.75 Å². The monoisotopic (exact) mass is 456 g/mol. The van der Waals surface area contributed by atoms with Gasteiger partial charge in [0, 0.05) is 5.69 Å². The van der Waals surface area contributed by atoms with E-state index in [1.165, 1.54) is 0 Å². The van der Waals surface area contributed by atoms with Crippen molar-refractivity contribution in [2.45, 2.75) is 58.8 Å². The summed E-state index contributed by atoms with van der Waals surface area (Å²) in [5.41, 5.74) is 5.42. The largest absolute Gasteiger partial charge is 0.493 e. The van der Waals surface area contributed by atoms with Gasteiger partial charge in [-0.05, 0) is 82.1 Å². The van der Waals surface area contributed by atoms with E-state index in [1.54, 1.807) is 24.3 Å². The second-order valence-electron chi connectivity index (χ2n) is 9.53. The van der Waals surface area contributed by atoms with Crippen molar-refractivity contribution in [1.82, 2.24) is 0 Å². The Morgan fingerprint density at radius 3 is 1.86 bits per heavy atom. The fraction of sp³-hybridized carbons (Fsp3) is 0.579. The Morgan fingerprint density at radius 1 is 0.966 bits per heavy atom. The molecule has 0 aromatic heterocycles. The van der Waals surface area contributed by atoms with Crippen molar-refractivity contribution >= 4 is 42.7 Å². The van der Waals surface area contributed by atoms with Crippen molar-refractivity contribution in [2.75, 3.05) is 11.9 Å². The zero-order valence-electron chi connectivity index (χ0n) is 18.9. The second kappa shape index (κ2) is 10.0. The van der Waals surface area contributed by atoms with Crippen LogP contribution in [-0.2, 0) is 17.8 Å². The lowest BCUT2D eigenvalue weighted by molar-refractivity contribution is -0.134. The van der Waals surface area contributed by atoms with E-state index in [9.17, 15) is 9.59 Å². The molecule has 0 fully saturated rings. The van der Waals surface area contributed by atoms with Crippen LogP contribution in [0.4, 0.5) is 5.69 Å². The molecule has 29 heavy (non-hydrogen) atoms. The average molecular weight is 457 g/mol. The van der Waals surface area contributed by atoms with Gasteiger partial charge in [-0.25, -0.2) is 0 Å². The van der Waals surface area contributed by atoms with Crippen molar-refractivity contribution < 1.29 is 22.6 Å². The molecule has 0 bridgehead atoms. The SMILES string of the molecule is CC(COc1ccc(NC(=O)C(N)=O)cc1)C[Si](C)(O[Si](C)(C)C)O[Si](C)(C)C. The van der Waals surface area contributed by atoms with Gasteiger partial charge < -0.3 is 24.0 Å². The number of rotatable bonds is 10. The van der Waals surface area contributed by atoms with Crippen LogP contribution in [0.5, 0.6) is 5.75 Å². The first kappa shape index (κ1) is 25.6. The van der Waals surface area contributed by atoms with Crippen LogP contribution in [0.1, 0.15) is 6.92 Å². The van der Waals surface area contributed by atoms with E-state index in [-0.39, 0.29) is 5.92 Å². The average Bonchev–Trinajstić information content (AvgIpc) is 2.49. The first-order chi connectivity index (χ1) is 13.1. The molecule has 1 atom stereocenters. The molecule has 0 aliphatic heterocycles. The number of hydrogen-bond donors (Lipinski definition) is 2. The number of nitrogens with one attached hydrogen (secondary N) is 1. The molecule has 1 aromatic rings. The number of hydrogen-bond acceptors (Lipinski definition) is 5. The highest BCUT2D eigenvalue weighted by molar-refractivity contribution is 6.87. The maximum atomic E-state index is 11.3. The van der Waals surface area contributed by atoms with Crippen LogP contribution in [0.25, 0.3) is 0 Å².